The number of amides is 2. The number of ketones is 2. The Balaban J connectivity index is 1.54. The SMILES string of the molecule is O=C(O)CCN1C(=O)C2CC=C3C(c4c(O)ccc5ccccc45)C4=C(CC3C2C1=O)C(=O)C(Br)=CC4=O. The number of rotatable bonds is 4. The molecule has 0 bridgehead atoms. The first-order valence-electron chi connectivity index (χ1n) is 12.4. The lowest BCUT2D eigenvalue weighted by molar-refractivity contribution is -0.142. The van der Waals surface area contributed by atoms with Gasteiger partial charge in [-0.2, -0.15) is 0 Å². The average Bonchev–Trinajstić information content (AvgIpc) is 3.14. The van der Waals surface area contributed by atoms with Crippen LogP contribution < -0.4 is 0 Å². The Bertz CT molecular complexity index is 1580. The van der Waals surface area contributed by atoms with Crippen molar-refractivity contribution in [2.75, 3.05) is 6.54 Å². The number of phenolic OH excluding ortho intramolecular Hbond substituents is 1. The average molecular weight is 576 g/mol. The first-order valence-corrected chi connectivity index (χ1v) is 13.1. The molecule has 38 heavy (non-hydrogen) atoms. The van der Waals surface area contributed by atoms with E-state index in [1.165, 1.54) is 6.08 Å². The number of carbonyl (C=O) groups excluding carboxylic acids is 4. The van der Waals surface area contributed by atoms with Crippen LogP contribution in [0.2, 0.25) is 0 Å². The Morgan fingerprint density at radius 3 is 2.55 bits per heavy atom. The number of aromatic hydroxyl groups is 1. The van der Waals surface area contributed by atoms with Crippen molar-refractivity contribution in [3.05, 3.63) is 75.3 Å². The van der Waals surface area contributed by atoms with Crippen LogP contribution in [0.4, 0.5) is 0 Å². The second kappa shape index (κ2) is 8.87. The molecule has 4 atom stereocenters. The highest BCUT2D eigenvalue weighted by molar-refractivity contribution is 9.12. The van der Waals surface area contributed by atoms with Gasteiger partial charge in [0.25, 0.3) is 0 Å². The highest BCUT2D eigenvalue weighted by Crippen LogP contribution is 2.57. The molecule has 9 heteroatoms. The third-order valence-corrected chi connectivity index (χ3v) is 8.80. The fourth-order valence-corrected chi connectivity index (χ4v) is 7.07. The standard InChI is InChI=1S/C29H22BrNO7/c30-19-12-21(33)25-18(27(19)36)11-17-15(26(25)24-14-4-2-1-3-13(14)5-8-20(24)32)6-7-16-23(17)29(38)31(28(16)37)10-9-22(34)35/h1-6,8,12,16-17,23,26,32H,7,9-11H2,(H,34,35). The Hall–Kier alpha value is -3.85. The topological polar surface area (TPSA) is 129 Å². The Labute approximate surface area is 225 Å². The van der Waals surface area contributed by atoms with Crippen molar-refractivity contribution in [1.29, 1.82) is 0 Å². The van der Waals surface area contributed by atoms with E-state index in [0.29, 0.717) is 5.56 Å². The highest BCUT2D eigenvalue weighted by atomic mass is 79.9. The van der Waals surface area contributed by atoms with Gasteiger partial charge in [0.05, 0.1) is 22.7 Å². The second-order valence-corrected chi connectivity index (χ2v) is 10.9. The predicted molar refractivity (Wildman–Crippen MR) is 139 cm³/mol. The molecule has 2 aromatic rings. The number of carboxylic acid groups (broad SMARTS) is 1. The molecular weight excluding hydrogens is 554 g/mol. The fourth-order valence-electron chi connectivity index (χ4n) is 6.62. The minimum Gasteiger partial charge on any atom is -0.508 e. The number of carbonyl (C=O) groups is 5. The maximum Gasteiger partial charge on any atom is 0.305 e. The van der Waals surface area contributed by atoms with E-state index in [-0.39, 0.29) is 58.8 Å². The van der Waals surface area contributed by atoms with E-state index in [0.717, 1.165) is 21.2 Å². The van der Waals surface area contributed by atoms with Gasteiger partial charge in [-0.15, -0.1) is 0 Å². The Kier molecular flexibility index (Phi) is 5.72. The maximum atomic E-state index is 13.6. The number of benzene rings is 2. The lowest BCUT2D eigenvalue weighted by Gasteiger charge is -2.42. The molecule has 1 saturated heterocycles. The van der Waals surface area contributed by atoms with Crippen molar-refractivity contribution in [2.24, 2.45) is 17.8 Å². The number of imide groups is 1. The van der Waals surface area contributed by atoms with Crippen molar-refractivity contribution in [3.8, 4) is 5.75 Å². The molecule has 0 radical (unpaired) electrons. The lowest BCUT2D eigenvalue weighted by Crippen LogP contribution is -2.39. The summed E-state index contributed by atoms with van der Waals surface area (Å²) >= 11 is 3.20. The number of halogens is 1. The van der Waals surface area contributed by atoms with Crippen LogP contribution in [-0.2, 0) is 24.0 Å². The molecule has 0 aromatic heterocycles. The van der Waals surface area contributed by atoms with Crippen molar-refractivity contribution >= 4 is 56.1 Å². The molecule has 4 unspecified atom stereocenters. The van der Waals surface area contributed by atoms with E-state index in [2.05, 4.69) is 15.9 Å². The quantitative estimate of drug-likeness (QED) is 0.322. The van der Waals surface area contributed by atoms with Gasteiger partial charge in [0.1, 0.15) is 5.75 Å². The number of hydrogen-bond acceptors (Lipinski definition) is 6. The molecule has 8 nitrogen and oxygen atoms in total. The van der Waals surface area contributed by atoms with E-state index in [1.807, 2.05) is 30.3 Å². The van der Waals surface area contributed by atoms with E-state index >= 15 is 0 Å². The molecule has 3 aliphatic carbocycles. The van der Waals surface area contributed by atoms with Gasteiger partial charge < -0.3 is 10.2 Å². The number of carboxylic acids is 1. The molecule has 4 aliphatic rings. The Morgan fingerprint density at radius 1 is 1.03 bits per heavy atom. The minimum atomic E-state index is -1.11. The van der Waals surface area contributed by atoms with E-state index in [4.69, 9.17) is 5.11 Å². The summed E-state index contributed by atoms with van der Waals surface area (Å²) in [7, 11) is 0. The largest absolute Gasteiger partial charge is 0.508 e. The van der Waals surface area contributed by atoms with Gasteiger partial charge in [0.15, 0.2) is 11.6 Å². The monoisotopic (exact) mass is 575 g/mol. The van der Waals surface area contributed by atoms with Gasteiger partial charge >= 0.3 is 5.97 Å². The van der Waals surface area contributed by atoms with Crippen LogP contribution in [0.15, 0.2) is 69.8 Å². The minimum absolute atomic E-state index is 0.0324. The van der Waals surface area contributed by atoms with Crippen LogP contribution in [0.25, 0.3) is 10.8 Å². The number of aliphatic carboxylic acids is 1. The van der Waals surface area contributed by atoms with Crippen LogP contribution in [0.5, 0.6) is 5.75 Å². The van der Waals surface area contributed by atoms with Crippen molar-refractivity contribution in [1.82, 2.24) is 4.90 Å². The molecule has 2 N–H and O–H groups in total. The third kappa shape index (κ3) is 3.52. The van der Waals surface area contributed by atoms with E-state index in [1.54, 1.807) is 12.1 Å². The number of allylic oxidation sites excluding steroid dienone is 6. The van der Waals surface area contributed by atoms with Gasteiger partial charge in [-0.25, -0.2) is 0 Å². The van der Waals surface area contributed by atoms with Crippen LogP contribution in [0.3, 0.4) is 0 Å². The zero-order chi connectivity index (χ0) is 26.9. The van der Waals surface area contributed by atoms with Crippen LogP contribution in [-0.4, -0.2) is 51.0 Å². The molecule has 1 fully saturated rings. The normalized spacial score (nSPS) is 26.7. The molecule has 6 rings (SSSR count). The van der Waals surface area contributed by atoms with Gasteiger partial charge in [0.2, 0.25) is 11.8 Å². The zero-order valence-corrected chi connectivity index (χ0v) is 21.6. The smallest absolute Gasteiger partial charge is 0.305 e. The number of hydrogen-bond donors (Lipinski definition) is 2. The summed E-state index contributed by atoms with van der Waals surface area (Å²) in [5.41, 5.74) is 1.77. The first kappa shape index (κ1) is 24.5. The molecular formula is C29H22BrNO7. The fraction of sp³-hybridized carbons (Fsp3) is 0.276. The van der Waals surface area contributed by atoms with Crippen molar-refractivity contribution < 1.29 is 34.2 Å². The van der Waals surface area contributed by atoms with Gasteiger partial charge in [-0.05, 0) is 51.5 Å². The summed E-state index contributed by atoms with van der Waals surface area (Å²) in [4.78, 5) is 65.7. The van der Waals surface area contributed by atoms with Crippen molar-refractivity contribution in [2.45, 2.75) is 25.2 Å². The van der Waals surface area contributed by atoms with Crippen molar-refractivity contribution in [3.63, 3.8) is 0 Å². The molecule has 192 valence electrons. The summed E-state index contributed by atoms with van der Waals surface area (Å²) in [5, 5.41) is 21.8. The Morgan fingerprint density at radius 2 is 1.79 bits per heavy atom. The highest BCUT2D eigenvalue weighted by Gasteiger charge is 2.56. The number of fused-ring (bicyclic) bond motifs is 4. The summed E-state index contributed by atoms with van der Waals surface area (Å²) in [6.45, 7) is -0.213. The second-order valence-electron chi connectivity index (χ2n) is 10.1. The molecule has 1 aliphatic heterocycles. The third-order valence-electron chi connectivity index (χ3n) is 8.21. The maximum absolute atomic E-state index is 13.6. The van der Waals surface area contributed by atoms with Crippen LogP contribution >= 0.6 is 15.9 Å². The first-order chi connectivity index (χ1) is 18.2. The van der Waals surface area contributed by atoms with E-state index in [9.17, 15) is 29.1 Å². The van der Waals surface area contributed by atoms with Gasteiger partial charge in [-0.1, -0.05) is 42.0 Å². The van der Waals surface area contributed by atoms with Gasteiger partial charge in [-0.3, -0.25) is 28.9 Å². The number of phenols is 1. The molecule has 0 spiro atoms. The molecule has 2 amide bonds. The van der Waals surface area contributed by atoms with Gasteiger partial charge in [0, 0.05) is 35.2 Å². The molecule has 0 saturated carbocycles. The zero-order valence-electron chi connectivity index (χ0n) is 20.0. The summed E-state index contributed by atoms with van der Waals surface area (Å²) < 4.78 is 0.124. The molecule has 1 heterocycles. The van der Waals surface area contributed by atoms with E-state index < -0.39 is 41.5 Å². The summed E-state index contributed by atoms with van der Waals surface area (Å²) in [5.74, 6) is -5.49. The van der Waals surface area contributed by atoms with Crippen LogP contribution in [0.1, 0.15) is 30.7 Å². The number of likely N-dealkylation sites (tertiary alicyclic amines) is 1. The molecule has 2 aromatic carbocycles. The predicted octanol–water partition coefficient (Wildman–Crippen LogP) is 3.78. The number of nitrogens with zero attached hydrogens (tertiary/aromatic N) is 1. The van der Waals surface area contributed by atoms with Crippen LogP contribution in [0, 0.1) is 17.8 Å². The summed E-state index contributed by atoms with van der Waals surface area (Å²) in [6, 6.07) is 10.8. The number of Topliss-reactive ketones (excluding diaryl/α,β-unsaturated/α-hetero) is 1. The summed E-state index contributed by atoms with van der Waals surface area (Å²) in [6.07, 6.45) is 3.12. The lowest BCUT2D eigenvalue weighted by atomic mass is 9.59.